The molecule has 0 bridgehead atoms. The van der Waals surface area contributed by atoms with E-state index in [0.717, 1.165) is 44.9 Å². The van der Waals surface area contributed by atoms with E-state index < -0.39 is 5.24 Å². The van der Waals surface area contributed by atoms with Gasteiger partial charge in [-0.3, -0.25) is 14.4 Å². The standard InChI is InChI=1S/C26H23N3O2.C24H19N3O3.C18H17N3.C8H7ClO2.CH2Cl2.CH4.BBr3/c1-18-11-13-20(14-12-18)24-17-27-25(23(28-24)15-19-7-4-3-5-8-19)29-26(30)21-9-6-10-22(16-21)31-2;28-19-11-9-17(10-12-19)22-15-25-23(21(26-22)13-16-5-2-1-3-6-16)27-24(30)18-7-4-8-20(29)14-18;1-13-7-9-15(10-8-13)17-12-20-18(19)16(21-17)11-14-5-3-2-4-6-14;1-11-7-4-2-3-6(5-7)8(9)10;2-1-3;;2-1(3)4/h3-14,16-17H,15H2,1-2H3,(H,27,29,30);1-12,14-15,28-29H,13H2,(H,25,27,30);2-10,12H,11H2,1H3,(H2,19,20);2-5H,1H3;1H2;1H4;. The topological polar surface area (TPSA) is 238 Å². The first-order chi connectivity index (χ1) is 48.3. The highest BCUT2D eigenvalue weighted by molar-refractivity contribution is 9.69. The fraction of sp³-hybridized carbons (Fsp3) is 0.115. The molecule has 0 radical (unpaired) electrons. The fourth-order valence-corrected chi connectivity index (χ4v) is 9.38. The molecular weight excluding hydrogens is 1530 g/mol. The molecule has 3 aromatic heterocycles. The van der Waals surface area contributed by atoms with Crippen molar-refractivity contribution < 1.29 is 34.1 Å². The summed E-state index contributed by atoms with van der Waals surface area (Å²) in [5.41, 5.74) is 20.2. The van der Waals surface area contributed by atoms with Gasteiger partial charge in [0, 0.05) is 52.6 Å². The van der Waals surface area contributed by atoms with Crippen molar-refractivity contribution in [3.63, 3.8) is 0 Å². The van der Waals surface area contributed by atoms with Gasteiger partial charge in [0.25, 0.3) is 17.1 Å². The van der Waals surface area contributed by atoms with Crippen molar-refractivity contribution >= 4 is 120 Å². The molecule has 516 valence electrons. The van der Waals surface area contributed by atoms with Crippen molar-refractivity contribution in [2.24, 2.45) is 0 Å². The Balaban J connectivity index is 0.000000214. The molecule has 6 N–H and O–H groups in total. The van der Waals surface area contributed by atoms with Crippen LogP contribution in [0.5, 0.6) is 23.0 Å². The number of benzene rings is 9. The van der Waals surface area contributed by atoms with Crippen LogP contribution in [0.25, 0.3) is 33.8 Å². The van der Waals surface area contributed by atoms with Gasteiger partial charge in [-0.1, -0.05) is 176 Å². The van der Waals surface area contributed by atoms with Gasteiger partial charge in [0.1, 0.15) is 28.8 Å². The second-order valence-electron chi connectivity index (χ2n) is 21.5. The number of nitrogens with one attached hydrogen (secondary N) is 2. The molecule has 0 aliphatic heterocycles. The summed E-state index contributed by atoms with van der Waals surface area (Å²) in [5.74, 6) is 2.11. The maximum atomic E-state index is 12.8. The first kappa shape index (κ1) is 80.2. The van der Waals surface area contributed by atoms with E-state index >= 15 is 0 Å². The molecule has 0 atom stereocenters. The lowest BCUT2D eigenvalue weighted by molar-refractivity contribution is 0.101. The number of ether oxygens (including phenoxy) is 2. The van der Waals surface area contributed by atoms with Crippen molar-refractivity contribution in [3.05, 3.63) is 317 Å². The predicted molar refractivity (Wildman–Crippen MR) is 422 cm³/mol. The summed E-state index contributed by atoms with van der Waals surface area (Å²) in [6, 6.07) is 72.9. The van der Waals surface area contributed by atoms with Crippen LogP contribution in [0.1, 0.15) is 83.4 Å². The first-order valence-electron chi connectivity index (χ1n) is 30.6. The molecule has 0 aliphatic rings. The average molecular weight is 1600 g/mol. The molecule has 0 unspecified atom stereocenters. The summed E-state index contributed by atoms with van der Waals surface area (Å²) in [4.78, 5) is 63.7. The van der Waals surface area contributed by atoms with Crippen molar-refractivity contribution in [1.29, 1.82) is 0 Å². The zero-order valence-electron chi connectivity index (χ0n) is 54.6. The summed E-state index contributed by atoms with van der Waals surface area (Å²) >= 11 is 24.1. The van der Waals surface area contributed by atoms with E-state index in [1.165, 1.54) is 35.9 Å². The van der Waals surface area contributed by atoms with Crippen LogP contribution in [0, 0.1) is 13.8 Å². The molecule has 12 aromatic rings. The number of nitrogen functional groups attached to an aromatic ring is 1. The molecule has 101 heavy (non-hydrogen) atoms. The van der Waals surface area contributed by atoms with Crippen LogP contribution >= 0.6 is 82.1 Å². The summed E-state index contributed by atoms with van der Waals surface area (Å²) in [6.45, 7) is 4.12. The highest BCUT2D eigenvalue weighted by Gasteiger charge is 2.18. The molecule has 9 aromatic carbocycles. The summed E-state index contributed by atoms with van der Waals surface area (Å²) in [5, 5.41) is 24.6. The molecule has 0 saturated heterocycles. The molecule has 0 spiro atoms. The number of amides is 2. The molecule has 3 heterocycles. The Labute approximate surface area is 628 Å². The monoisotopic (exact) mass is 1600 g/mol. The largest absolute Gasteiger partial charge is 0.508 e. The maximum absolute atomic E-state index is 12.8. The third kappa shape index (κ3) is 27.0. The number of rotatable bonds is 16. The molecular formula is C78H72BBr3Cl3N9O7. The van der Waals surface area contributed by atoms with Crippen LogP contribution in [0.15, 0.2) is 255 Å². The number of aryl methyl sites for hydroxylation is 2. The Morgan fingerprint density at radius 3 is 1.18 bits per heavy atom. The molecule has 0 saturated carbocycles. The minimum absolute atomic E-state index is 0. The zero-order valence-corrected chi connectivity index (χ0v) is 61.6. The molecule has 0 fully saturated rings. The van der Waals surface area contributed by atoms with Gasteiger partial charge in [-0.25, -0.2) is 29.9 Å². The third-order valence-corrected chi connectivity index (χ3v) is 14.5. The van der Waals surface area contributed by atoms with E-state index in [-0.39, 0.29) is 39.3 Å². The Hall–Kier alpha value is -9.80. The summed E-state index contributed by atoms with van der Waals surface area (Å²) < 4.78 is 10.4. The number of methoxy groups -OCH3 is 2. The highest BCUT2D eigenvalue weighted by atomic mass is 79.9. The lowest BCUT2D eigenvalue weighted by Crippen LogP contribution is -2.16. The minimum atomic E-state index is -0.469. The normalized spacial score (nSPS) is 10.0. The van der Waals surface area contributed by atoms with E-state index in [1.54, 1.807) is 111 Å². The van der Waals surface area contributed by atoms with Crippen LogP contribution in [0.3, 0.4) is 0 Å². The molecule has 12 rings (SSSR count). The van der Waals surface area contributed by atoms with Crippen LogP contribution < -0.4 is 25.8 Å². The number of phenols is 2. The number of nitrogens with two attached hydrogens (primary N) is 1. The van der Waals surface area contributed by atoms with Gasteiger partial charge in [0.05, 0.1) is 72.3 Å². The number of alkyl halides is 2. The van der Waals surface area contributed by atoms with Gasteiger partial charge in [-0.2, -0.15) is 0 Å². The average Bonchev–Trinajstić information content (AvgIpc) is 0.830. The Bertz CT molecular complexity index is 4560. The highest BCUT2D eigenvalue weighted by Crippen LogP contribution is 2.27. The number of nitrogens with zero attached hydrogens (tertiary/aromatic N) is 6. The Morgan fingerprint density at radius 2 is 0.792 bits per heavy atom. The second kappa shape index (κ2) is 42.3. The third-order valence-electron chi connectivity index (χ3n) is 14.3. The minimum Gasteiger partial charge on any atom is -0.508 e. The number of anilines is 3. The second-order valence-corrected chi connectivity index (χ2v) is 29.1. The number of hydrogen-bond acceptors (Lipinski definition) is 14. The van der Waals surface area contributed by atoms with Gasteiger partial charge >= 0.3 is 3.18 Å². The number of aromatic nitrogens is 6. The number of hydrogen-bond donors (Lipinski definition) is 5. The van der Waals surface area contributed by atoms with E-state index in [9.17, 15) is 24.6 Å². The first-order valence-corrected chi connectivity index (χ1v) is 34.8. The summed E-state index contributed by atoms with van der Waals surface area (Å²) in [7, 11) is 3.11. The molecule has 2 amide bonds. The van der Waals surface area contributed by atoms with Crippen molar-refractivity contribution in [1.82, 2.24) is 29.9 Å². The quantitative estimate of drug-likeness (QED) is 0.0344. The zero-order chi connectivity index (χ0) is 71.8. The number of phenolic OH excluding ortho intramolecular Hbond substituents is 2. The van der Waals surface area contributed by atoms with Crippen molar-refractivity contribution in [2.45, 2.75) is 40.5 Å². The van der Waals surface area contributed by atoms with Gasteiger partial charge in [0.15, 0.2) is 11.6 Å². The van der Waals surface area contributed by atoms with E-state index in [4.69, 9.17) is 60.0 Å². The molecule has 23 heteroatoms. The van der Waals surface area contributed by atoms with Gasteiger partial charge in [0.2, 0.25) is 0 Å². The smallest absolute Gasteiger partial charge is 0.369 e. The summed E-state index contributed by atoms with van der Waals surface area (Å²) in [6.07, 6.45) is 6.74. The lowest BCUT2D eigenvalue weighted by Gasteiger charge is -2.12. The van der Waals surface area contributed by atoms with E-state index in [0.29, 0.717) is 82.0 Å². The van der Waals surface area contributed by atoms with Gasteiger partial charge < -0.3 is 36.1 Å². The number of aromatic hydroxyl groups is 2. The number of halogens is 6. The Morgan fingerprint density at radius 1 is 0.455 bits per heavy atom. The number of carbonyl (C=O) groups is 3. The molecule has 0 aliphatic carbocycles. The fourth-order valence-electron chi connectivity index (χ4n) is 9.26. The molecule has 16 nitrogen and oxygen atoms in total. The Kier molecular flexibility index (Phi) is 33.6. The van der Waals surface area contributed by atoms with Crippen LogP contribution in [-0.4, -0.2) is 79.9 Å². The van der Waals surface area contributed by atoms with Gasteiger partial charge in [-0.15, -0.1) is 70.5 Å². The van der Waals surface area contributed by atoms with Crippen molar-refractivity contribution in [2.75, 3.05) is 35.9 Å². The van der Waals surface area contributed by atoms with Crippen LogP contribution in [-0.2, 0) is 19.3 Å². The predicted octanol–water partition coefficient (Wildman–Crippen LogP) is 19.6. The lowest BCUT2D eigenvalue weighted by atomic mass is 10.1. The van der Waals surface area contributed by atoms with Crippen LogP contribution in [0.2, 0.25) is 0 Å². The maximum Gasteiger partial charge on any atom is 0.369 e. The van der Waals surface area contributed by atoms with Crippen LogP contribution in [0.4, 0.5) is 17.5 Å². The van der Waals surface area contributed by atoms with E-state index in [2.05, 4.69) is 121 Å². The van der Waals surface area contributed by atoms with E-state index in [1.807, 2.05) is 110 Å². The SMILES string of the molecule is BrB(Br)Br.C.COc1cccc(C(=O)Cl)c1.COc1cccc(C(=O)Nc2ncc(-c3ccc(C)cc3)nc2Cc2ccccc2)c1.Cc1ccc(-c2cnc(N)c(Cc3ccccc3)n2)cc1.ClCCl.O=C(Nc1ncc(-c2ccc(O)cc2)nc1Cc1ccccc1)c1cccc(O)c1. The van der Waals surface area contributed by atoms with Gasteiger partial charge in [-0.05, 0) is 121 Å². The number of carbonyl (C=O) groups excluding carboxylic acids is 3. The van der Waals surface area contributed by atoms with Crippen molar-refractivity contribution in [3.8, 4) is 56.8 Å².